The monoisotopic (exact) mass is 332 g/mol. The molecule has 1 aliphatic heterocycles. The number of hydrogen-bond donors (Lipinski definition) is 1. The lowest BCUT2D eigenvalue weighted by Crippen LogP contribution is -2.59. The van der Waals surface area contributed by atoms with Crippen LogP contribution in [-0.2, 0) is 16.0 Å². The summed E-state index contributed by atoms with van der Waals surface area (Å²) in [4.78, 5) is 12.4. The molecule has 0 aromatic carbocycles. The van der Waals surface area contributed by atoms with Crippen LogP contribution in [-0.4, -0.2) is 23.3 Å². The van der Waals surface area contributed by atoms with Gasteiger partial charge in [0.25, 0.3) is 0 Å². The first-order valence-electron chi connectivity index (χ1n) is 9.27. The van der Waals surface area contributed by atoms with Gasteiger partial charge in [0.1, 0.15) is 6.10 Å². The van der Waals surface area contributed by atoms with Gasteiger partial charge in [0.05, 0.1) is 24.5 Å². The maximum absolute atomic E-state index is 12.4. The summed E-state index contributed by atoms with van der Waals surface area (Å²) < 4.78 is 11.0. The average molecular weight is 332 g/mol. The highest BCUT2D eigenvalue weighted by Gasteiger charge is 2.68. The van der Waals surface area contributed by atoms with Gasteiger partial charge in [0, 0.05) is 5.41 Å². The predicted molar refractivity (Wildman–Crippen MR) is 89.1 cm³/mol. The van der Waals surface area contributed by atoms with Crippen LogP contribution in [0.5, 0.6) is 0 Å². The van der Waals surface area contributed by atoms with Gasteiger partial charge in [0.15, 0.2) is 0 Å². The molecule has 2 aliphatic carbocycles. The van der Waals surface area contributed by atoms with Crippen LogP contribution in [0.3, 0.4) is 0 Å². The molecule has 0 bridgehead atoms. The topological polar surface area (TPSA) is 59.7 Å². The molecule has 3 aliphatic rings. The van der Waals surface area contributed by atoms with Crippen molar-refractivity contribution in [2.75, 3.05) is 0 Å². The number of carbonyl (C=O) groups is 1. The van der Waals surface area contributed by atoms with E-state index in [2.05, 4.69) is 20.8 Å². The van der Waals surface area contributed by atoms with Gasteiger partial charge >= 0.3 is 5.97 Å². The van der Waals surface area contributed by atoms with E-state index in [9.17, 15) is 9.90 Å². The number of carbonyl (C=O) groups excluding carboxylic acids is 1. The molecule has 24 heavy (non-hydrogen) atoms. The van der Waals surface area contributed by atoms with Gasteiger partial charge in [-0.1, -0.05) is 20.8 Å². The summed E-state index contributed by atoms with van der Waals surface area (Å²) in [6.07, 6.45) is 7.65. The maximum atomic E-state index is 12.4. The first kappa shape index (κ1) is 16.2. The van der Waals surface area contributed by atoms with Crippen molar-refractivity contribution in [2.45, 2.75) is 65.1 Å². The number of aryl methyl sites for hydroxylation is 1. The van der Waals surface area contributed by atoms with E-state index in [1.54, 1.807) is 6.26 Å². The zero-order valence-corrected chi connectivity index (χ0v) is 14.8. The van der Waals surface area contributed by atoms with Crippen molar-refractivity contribution in [3.8, 4) is 0 Å². The predicted octanol–water partition coefficient (Wildman–Crippen LogP) is 3.58. The lowest BCUT2D eigenvalue weighted by atomic mass is 9.44. The van der Waals surface area contributed by atoms with E-state index in [1.165, 1.54) is 5.56 Å². The molecule has 4 heteroatoms. The standard InChI is InChI=1S/C20H28O4/c1-12-10-16-20(3)15(5-4-14(21)17(20)18(22)24-16)19(12,2)8-6-13-7-9-23-11-13/h7,9,11-12,14-17,21H,4-6,8,10H2,1-3H3. The molecule has 0 amide bonds. The third kappa shape index (κ3) is 2.05. The van der Waals surface area contributed by atoms with Gasteiger partial charge in [-0.3, -0.25) is 4.79 Å². The van der Waals surface area contributed by atoms with E-state index < -0.39 is 6.10 Å². The molecule has 1 saturated heterocycles. The van der Waals surface area contributed by atoms with E-state index in [1.807, 2.05) is 12.3 Å². The summed E-state index contributed by atoms with van der Waals surface area (Å²) in [5.74, 6) is 0.382. The molecular weight excluding hydrogens is 304 g/mol. The Bertz CT molecular complexity index is 624. The fraction of sp³-hybridized carbons (Fsp3) is 0.750. The van der Waals surface area contributed by atoms with Crippen LogP contribution in [0.25, 0.3) is 0 Å². The SMILES string of the molecule is CC1CC2OC(=O)C3C(O)CCC(C1(C)CCc1ccoc1)C23C. The van der Waals surface area contributed by atoms with E-state index in [0.29, 0.717) is 18.3 Å². The molecule has 1 aromatic heterocycles. The summed E-state index contributed by atoms with van der Waals surface area (Å²) in [6.45, 7) is 6.89. The van der Waals surface area contributed by atoms with Gasteiger partial charge in [-0.15, -0.1) is 0 Å². The molecule has 1 aromatic rings. The molecule has 132 valence electrons. The minimum atomic E-state index is -0.546. The van der Waals surface area contributed by atoms with Crippen LogP contribution in [0.15, 0.2) is 23.0 Å². The molecule has 4 rings (SSSR count). The number of furan rings is 1. The molecule has 3 fully saturated rings. The number of aliphatic hydroxyl groups excluding tert-OH is 1. The minimum Gasteiger partial charge on any atom is -0.472 e. The molecule has 7 unspecified atom stereocenters. The first-order chi connectivity index (χ1) is 11.4. The molecule has 4 nitrogen and oxygen atoms in total. The summed E-state index contributed by atoms with van der Waals surface area (Å²) >= 11 is 0. The normalized spacial score (nSPS) is 47.3. The number of hydrogen-bond acceptors (Lipinski definition) is 4. The summed E-state index contributed by atoms with van der Waals surface area (Å²) in [5, 5.41) is 10.5. The Morgan fingerprint density at radius 2 is 2.12 bits per heavy atom. The van der Waals surface area contributed by atoms with Crippen molar-refractivity contribution < 1.29 is 19.1 Å². The number of ether oxygens (including phenoxy) is 1. The Labute approximate surface area is 143 Å². The summed E-state index contributed by atoms with van der Waals surface area (Å²) in [6, 6.07) is 2.04. The average Bonchev–Trinajstić information content (AvgIpc) is 3.12. The van der Waals surface area contributed by atoms with Crippen molar-refractivity contribution in [2.24, 2.45) is 28.6 Å². The third-order valence-electron chi connectivity index (χ3n) is 7.78. The van der Waals surface area contributed by atoms with Gasteiger partial charge in [-0.25, -0.2) is 0 Å². The molecule has 1 N–H and O–H groups in total. The summed E-state index contributed by atoms with van der Waals surface area (Å²) in [7, 11) is 0. The van der Waals surface area contributed by atoms with Crippen LogP contribution in [0, 0.1) is 28.6 Å². The van der Waals surface area contributed by atoms with Gasteiger partial charge < -0.3 is 14.3 Å². The van der Waals surface area contributed by atoms with Crippen LogP contribution in [0.2, 0.25) is 0 Å². The smallest absolute Gasteiger partial charge is 0.312 e. The van der Waals surface area contributed by atoms with E-state index in [-0.39, 0.29) is 28.8 Å². The summed E-state index contributed by atoms with van der Waals surface area (Å²) in [5.41, 5.74) is 1.16. The highest BCUT2D eigenvalue weighted by atomic mass is 16.6. The van der Waals surface area contributed by atoms with Gasteiger partial charge in [0.2, 0.25) is 0 Å². The maximum Gasteiger partial charge on any atom is 0.312 e. The van der Waals surface area contributed by atoms with Crippen LogP contribution in [0.1, 0.15) is 52.0 Å². The van der Waals surface area contributed by atoms with Gasteiger partial charge in [-0.2, -0.15) is 0 Å². The molecule has 2 heterocycles. The minimum absolute atomic E-state index is 0.0352. The first-order valence-corrected chi connectivity index (χ1v) is 9.27. The fourth-order valence-corrected chi connectivity index (χ4v) is 6.17. The third-order valence-corrected chi connectivity index (χ3v) is 7.78. The lowest BCUT2D eigenvalue weighted by Gasteiger charge is -2.59. The number of aliphatic hydroxyl groups is 1. The second-order valence-electron chi connectivity index (χ2n) is 8.74. The van der Waals surface area contributed by atoms with Crippen molar-refractivity contribution in [1.82, 2.24) is 0 Å². The van der Waals surface area contributed by atoms with Crippen LogP contribution < -0.4 is 0 Å². The van der Waals surface area contributed by atoms with E-state index in [0.717, 1.165) is 25.7 Å². The fourth-order valence-electron chi connectivity index (χ4n) is 6.17. The van der Waals surface area contributed by atoms with Crippen molar-refractivity contribution in [3.05, 3.63) is 24.2 Å². The van der Waals surface area contributed by atoms with Crippen LogP contribution >= 0.6 is 0 Å². The second-order valence-corrected chi connectivity index (χ2v) is 8.74. The van der Waals surface area contributed by atoms with Crippen molar-refractivity contribution in [3.63, 3.8) is 0 Å². The van der Waals surface area contributed by atoms with Crippen molar-refractivity contribution >= 4 is 5.97 Å². The molecule has 0 spiro atoms. The van der Waals surface area contributed by atoms with Gasteiger partial charge in [-0.05, 0) is 61.0 Å². The number of esters is 1. The Kier molecular flexibility index (Phi) is 3.61. The molecular formula is C20H28O4. The molecule has 0 radical (unpaired) electrons. The Hall–Kier alpha value is -1.29. The molecule has 2 saturated carbocycles. The highest BCUT2D eigenvalue weighted by molar-refractivity contribution is 5.77. The number of rotatable bonds is 3. The Balaban J connectivity index is 1.67. The second kappa shape index (κ2) is 5.35. The van der Waals surface area contributed by atoms with E-state index >= 15 is 0 Å². The molecule has 7 atom stereocenters. The van der Waals surface area contributed by atoms with Crippen molar-refractivity contribution in [1.29, 1.82) is 0 Å². The quantitative estimate of drug-likeness (QED) is 0.860. The highest BCUT2D eigenvalue weighted by Crippen LogP contribution is 2.66. The van der Waals surface area contributed by atoms with Crippen LogP contribution in [0.4, 0.5) is 0 Å². The zero-order chi connectivity index (χ0) is 17.1. The van der Waals surface area contributed by atoms with E-state index in [4.69, 9.17) is 9.15 Å². The Morgan fingerprint density at radius 1 is 1.33 bits per heavy atom. The zero-order valence-electron chi connectivity index (χ0n) is 14.8. The largest absolute Gasteiger partial charge is 0.472 e. The lowest BCUT2D eigenvalue weighted by molar-refractivity contribution is -0.155. The Morgan fingerprint density at radius 3 is 2.83 bits per heavy atom.